The second-order valence-corrected chi connectivity index (χ2v) is 9.15. The molecule has 0 spiro atoms. The Morgan fingerprint density at radius 3 is 2.67 bits per heavy atom. The van der Waals surface area contributed by atoms with Crippen molar-refractivity contribution in [3.05, 3.63) is 0 Å². The minimum Gasteiger partial charge on any atom is -0.377 e. The first-order valence-corrected chi connectivity index (χ1v) is 9.84. The molecule has 0 aromatic rings. The second kappa shape index (κ2) is 5.87. The zero-order chi connectivity index (χ0) is 17.1. The van der Waals surface area contributed by atoms with Crippen LogP contribution in [-0.4, -0.2) is 65.8 Å². The van der Waals surface area contributed by atoms with Gasteiger partial charge in [-0.3, -0.25) is 4.90 Å². The molecule has 3 heterocycles. The average molecular weight is 335 g/mol. The Morgan fingerprint density at radius 1 is 1.17 bits per heavy atom. The summed E-state index contributed by atoms with van der Waals surface area (Å²) in [5, 5.41) is 3.37. The molecule has 2 amide bonds. The molecule has 4 fully saturated rings. The van der Waals surface area contributed by atoms with Gasteiger partial charge < -0.3 is 15.0 Å². The molecule has 1 saturated carbocycles. The van der Waals surface area contributed by atoms with E-state index in [0.29, 0.717) is 30.1 Å². The number of nitrogens with zero attached hydrogens (tertiary/aromatic N) is 2. The highest BCUT2D eigenvalue weighted by Crippen LogP contribution is 2.52. The fourth-order valence-corrected chi connectivity index (χ4v) is 5.98. The highest BCUT2D eigenvalue weighted by atomic mass is 16.5. The van der Waals surface area contributed by atoms with Gasteiger partial charge in [-0.15, -0.1) is 0 Å². The molecule has 1 N–H and O–H groups in total. The van der Waals surface area contributed by atoms with E-state index in [1.54, 1.807) is 0 Å². The summed E-state index contributed by atoms with van der Waals surface area (Å²) in [6.45, 7) is 11.7. The quantitative estimate of drug-likeness (QED) is 0.843. The minimum atomic E-state index is 0.0612. The maximum atomic E-state index is 12.9. The van der Waals surface area contributed by atoms with Gasteiger partial charge in [0.1, 0.15) is 0 Å². The molecule has 1 aliphatic carbocycles. The molecule has 0 aromatic heterocycles. The van der Waals surface area contributed by atoms with Crippen molar-refractivity contribution in [3.8, 4) is 0 Å². The summed E-state index contributed by atoms with van der Waals surface area (Å²) >= 11 is 0. The standard InChI is InChI=1S/C19H33N3O2/c1-12(2)22-13-5-6-14(22)11-21(9-7-13)18(23)20-16-15-8-10-24-17(15)19(16,3)4/h12-17H,5-11H2,1-4H3,(H,20,23)/t13-,14-,15+,16+,17-/m0/s1. The molecule has 4 aliphatic rings. The number of ether oxygens (including phenoxy) is 1. The Morgan fingerprint density at radius 2 is 1.92 bits per heavy atom. The van der Waals surface area contributed by atoms with Crippen molar-refractivity contribution in [2.45, 2.75) is 83.6 Å². The largest absolute Gasteiger partial charge is 0.377 e. The lowest BCUT2D eigenvalue weighted by Gasteiger charge is -2.54. The van der Waals surface area contributed by atoms with E-state index in [4.69, 9.17) is 4.74 Å². The van der Waals surface area contributed by atoms with E-state index in [2.05, 4.69) is 42.8 Å². The normalized spacial score (nSPS) is 41.0. The third kappa shape index (κ3) is 2.47. The van der Waals surface area contributed by atoms with E-state index in [0.717, 1.165) is 32.5 Å². The van der Waals surface area contributed by atoms with Gasteiger partial charge in [0.05, 0.1) is 6.10 Å². The van der Waals surface area contributed by atoms with Crippen molar-refractivity contribution in [3.63, 3.8) is 0 Å². The molecule has 0 aromatic carbocycles. The van der Waals surface area contributed by atoms with Gasteiger partial charge in [-0.2, -0.15) is 0 Å². The van der Waals surface area contributed by atoms with Gasteiger partial charge in [-0.05, 0) is 39.5 Å². The first kappa shape index (κ1) is 16.6. The molecule has 2 bridgehead atoms. The van der Waals surface area contributed by atoms with Gasteiger partial charge in [0, 0.05) is 55.2 Å². The van der Waals surface area contributed by atoms with Crippen LogP contribution in [0.3, 0.4) is 0 Å². The molecule has 3 saturated heterocycles. The van der Waals surface area contributed by atoms with Crippen LogP contribution in [0, 0.1) is 11.3 Å². The van der Waals surface area contributed by atoms with E-state index >= 15 is 0 Å². The summed E-state index contributed by atoms with van der Waals surface area (Å²) in [5.41, 5.74) is 0.0612. The smallest absolute Gasteiger partial charge is 0.317 e. The van der Waals surface area contributed by atoms with Crippen LogP contribution in [0.2, 0.25) is 0 Å². The number of likely N-dealkylation sites (tertiary alicyclic amines) is 1. The van der Waals surface area contributed by atoms with E-state index in [9.17, 15) is 4.79 Å². The number of nitrogens with one attached hydrogen (secondary N) is 1. The number of fused-ring (bicyclic) bond motifs is 3. The molecule has 24 heavy (non-hydrogen) atoms. The molecule has 3 aliphatic heterocycles. The van der Waals surface area contributed by atoms with E-state index in [1.807, 2.05) is 0 Å². The number of hydrogen-bond donors (Lipinski definition) is 1. The third-order valence-electron chi connectivity index (χ3n) is 7.10. The molecule has 5 atom stereocenters. The summed E-state index contributed by atoms with van der Waals surface area (Å²) in [6.07, 6.45) is 5.07. The second-order valence-electron chi connectivity index (χ2n) is 9.15. The predicted octanol–water partition coefficient (Wildman–Crippen LogP) is 2.46. The Balaban J connectivity index is 1.41. The lowest BCUT2D eigenvalue weighted by atomic mass is 9.57. The Hall–Kier alpha value is -0.810. The summed E-state index contributed by atoms with van der Waals surface area (Å²) < 4.78 is 5.85. The molecular weight excluding hydrogens is 302 g/mol. The van der Waals surface area contributed by atoms with Crippen molar-refractivity contribution in [1.29, 1.82) is 0 Å². The molecule has 0 unspecified atom stereocenters. The number of carbonyl (C=O) groups is 1. The third-order valence-corrected chi connectivity index (χ3v) is 7.10. The zero-order valence-corrected chi connectivity index (χ0v) is 15.6. The van der Waals surface area contributed by atoms with Crippen molar-refractivity contribution in [2.75, 3.05) is 19.7 Å². The molecule has 5 nitrogen and oxygen atoms in total. The highest BCUT2D eigenvalue weighted by Gasteiger charge is 2.60. The van der Waals surface area contributed by atoms with Crippen LogP contribution >= 0.6 is 0 Å². The molecular formula is C19H33N3O2. The predicted molar refractivity (Wildman–Crippen MR) is 93.9 cm³/mol. The molecule has 0 radical (unpaired) electrons. The van der Waals surface area contributed by atoms with Crippen LogP contribution in [0.15, 0.2) is 0 Å². The lowest BCUT2D eigenvalue weighted by Crippen LogP contribution is -2.68. The Labute approximate surface area is 146 Å². The maximum Gasteiger partial charge on any atom is 0.317 e. The van der Waals surface area contributed by atoms with Gasteiger partial charge in [0.2, 0.25) is 0 Å². The van der Waals surface area contributed by atoms with Crippen LogP contribution in [0.5, 0.6) is 0 Å². The zero-order valence-electron chi connectivity index (χ0n) is 15.6. The summed E-state index contributed by atoms with van der Waals surface area (Å²) in [6, 6.07) is 2.20. The van der Waals surface area contributed by atoms with Gasteiger partial charge in [0.15, 0.2) is 0 Å². The lowest BCUT2D eigenvalue weighted by molar-refractivity contribution is -0.109. The topological polar surface area (TPSA) is 44.8 Å². The maximum absolute atomic E-state index is 12.9. The fourth-order valence-electron chi connectivity index (χ4n) is 5.98. The minimum absolute atomic E-state index is 0.0612. The van der Waals surface area contributed by atoms with E-state index < -0.39 is 0 Å². The summed E-state index contributed by atoms with van der Waals surface area (Å²) in [4.78, 5) is 17.7. The Kier molecular flexibility index (Phi) is 4.07. The number of carbonyl (C=O) groups excluding carboxylic acids is 1. The number of hydrogen-bond acceptors (Lipinski definition) is 3. The number of amides is 2. The van der Waals surface area contributed by atoms with Crippen molar-refractivity contribution >= 4 is 6.03 Å². The van der Waals surface area contributed by atoms with Crippen LogP contribution < -0.4 is 5.32 Å². The van der Waals surface area contributed by atoms with Crippen molar-refractivity contribution in [1.82, 2.24) is 15.1 Å². The first-order chi connectivity index (χ1) is 11.4. The summed E-state index contributed by atoms with van der Waals surface area (Å²) in [5.74, 6) is 0.513. The molecule has 5 heteroatoms. The van der Waals surface area contributed by atoms with Crippen LogP contribution in [0.1, 0.15) is 53.4 Å². The van der Waals surface area contributed by atoms with Gasteiger partial charge >= 0.3 is 6.03 Å². The van der Waals surface area contributed by atoms with Crippen LogP contribution in [0.25, 0.3) is 0 Å². The fraction of sp³-hybridized carbons (Fsp3) is 0.947. The first-order valence-electron chi connectivity index (χ1n) is 9.84. The van der Waals surface area contributed by atoms with Gasteiger partial charge in [-0.25, -0.2) is 4.79 Å². The average Bonchev–Trinajstić information content (AvgIpc) is 3.07. The number of rotatable bonds is 2. The van der Waals surface area contributed by atoms with E-state index in [1.165, 1.54) is 12.8 Å². The van der Waals surface area contributed by atoms with Crippen LogP contribution in [-0.2, 0) is 4.74 Å². The van der Waals surface area contributed by atoms with E-state index in [-0.39, 0.29) is 17.5 Å². The molecule has 136 valence electrons. The SMILES string of the molecule is CC(C)N1[C@H]2CC[C@H]1CN(C(=O)N[C@@H]1[C@H]3CCO[C@@H]3C1(C)C)CC2. The van der Waals surface area contributed by atoms with Gasteiger partial charge in [0.25, 0.3) is 0 Å². The highest BCUT2D eigenvalue weighted by molar-refractivity contribution is 5.75. The Bertz CT molecular complexity index is 507. The monoisotopic (exact) mass is 335 g/mol. The number of urea groups is 1. The summed E-state index contributed by atoms with van der Waals surface area (Å²) in [7, 11) is 0. The van der Waals surface area contributed by atoms with Crippen LogP contribution in [0.4, 0.5) is 4.79 Å². The van der Waals surface area contributed by atoms with Crippen molar-refractivity contribution in [2.24, 2.45) is 11.3 Å². The molecule has 4 rings (SSSR count). The van der Waals surface area contributed by atoms with Gasteiger partial charge in [-0.1, -0.05) is 13.8 Å². The van der Waals surface area contributed by atoms with Crippen molar-refractivity contribution < 1.29 is 9.53 Å².